The first-order valence-electron chi connectivity index (χ1n) is 6.84. The number of benzene rings is 1. The van der Waals surface area contributed by atoms with Gasteiger partial charge >= 0.3 is 13.1 Å². The summed E-state index contributed by atoms with van der Waals surface area (Å²) >= 11 is 3.38. The fourth-order valence-electron chi connectivity index (χ4n) is 2.14. The second-order valence-electron chi connectivity index (χ2n) is 6.13. The molecule has 0 bridgehead atoms. The van der Waals surface area contributed by atoms with E-state index >= 15 is 0 Å². The first-order chi connectivity index (χ1) is 9.71. The van der Waals surface area contributed by atoms with Crippen molar-refractivity contribution in [1.29, 1.82) is 0 Å². The van der Waals surface area contributed by atoms with Gasteiger partial charge in [-0.25, -0.2) is 4.79 Å². The highest BCUT2D eigenvalue weighted by atomic mass is 79.9. The molecule has 4 nitrogen and oxygen atoms in total. The van der Waals surface area contributed by atoms with Crippen molar-refractivity contribution in [3.05, 3.63) is 29.3 Å². The van der Waals surface area contributed by atoms with Crippen LogP contribution >= 0.6 is 15.9 Å². The van der Waals surface area contributed by atoms with Gasteiger partial charge in [-0.15, -0.1) is 0 Å². The molecule has 114 valence electrons. The number of hydrogen-bond acceptors (Lipinski definition) is 4. The molecule has 1 heterocycles. The fraction of sp³-hybridized carbons (Fsp3) is 0.533. The molecule has 1 fully saturated rings. The van der Waals surface area contributed by atoms with Gasteiger partial charge in [0.15, 0.2) is 0 Å². The van der Waals surface area contributed by atoms with E-state index in [0.717, 1.165) is 11.0 Å². The number of carbonyl (C=O) groups is 1. The molecule has 1 aromatic rings. The Labute approximate surface area is 134 Å². The lowest BCUT2D eigenvalue weighted by molar-refractivity contribution is 0.00578. The van der Waals surface area contributed by atoms with Crippen LogP contribution in [0.4, 0.5) is 0 Å². The number of esters is 1. The van der Waals surface area contributed by atoms with Crippen LogP contribution in [0.1, 0.15) is 43.6 Å². The van der Waals surface area contributed by atoms with Gasteiger partial charge in [0.1, 0.15) is 0 Å². The first-order valence-corrected chi connectivity index (χ1v) is 7.97. The van der Waals surface area contributed by atoms with Crippen molar-refractivity contribution in [2.24, 2.45) is 0 Å². The smallest absolute Gasteiger partial charge is 0.465 e. The third-order valence-electron chi connectivity index (χ3n) is 4.21. The molecule has 0 amide bonds. The van der Waals surface area contributed by atoms with E-state index in [0.29, 0.717) is 10.9 Å². The SMILES string of the molecule is COC(=O)c1cc(B2OC(C)(C)C(C)(C)O2)ccc1CBr. The molecular weight excluding hydrogens is 335 g/mol. The van der Waals surface area contributed by atoms with E-state index in [2.05, 4.69) is 15.9 Å². The van der Waals surface area contributed by atoms with E-state index in [4.69, 9.17) is 14.0 Å². The average Bonchev–Trinajstić information content (AvgIpc) is 2.66. The van der Waals surface area contributed by atoms with Crippen LogP contribution in [0.25, 0.3) is 0 Å². The highest BCUT2D eigenvalue weighted by Gasteiger charge is 2.51. The molecule has 0 unspecified atom stereocenters. The maximum absolute atomic E-state index is 11.9. The summed E-state index contributed by atoms with van der Waals surface area (Å²) in [6, 6.07) is 5.59. The topological polar surface area (TPSA) is 44.8 Å². The molecule has 1 aromatic carbocycles. The molecule has 2 rings (SSSR count). The fourth-order valence-corrected chi connectivity index (χ4v) is 2.63. The molecule has 1 aliphatic rings. The van der Waals surface area contributed by atoms with Crippen molar-refractivity contribution >= 4 is 34.5 Å². The van der Waals surface area contributed by atoms with Crippen LogP contribution in [-0.4, -0.2) is 31.4 Å². The highest BCUT2D eigenvalue weighted by molar-refractivity contribution is 9.08. The van der Waals surface area contributed by atoms with Crippen LogP contribution in [0.5, 0.6) is 0 Å². The van der Waals surface area contributed by atoms with Crippen LogP contribution in [0.2, 0.25) is 0 Å². The van der Waals surface area contributed by atoms with E-state index < -0.39 is 18.3 Å². The molecule has 0 saturated carbocycles. The molecule has 0 aromatic heterocycles. The lowest BCUT2D eigenvalue weighted by Gasteiger charge is -2.32. The zero-order chi connectivity index (χ0) is 15.8. The summed E-state index contributed by atoms with van der Waals surface area (Å²) in [7, 11) is 0.893. The van der Waals surface area contributed by atoms with E-state index in [1.54, 1.807) is 6.07 Å². The minimum atomic E-state index is -0.484. The molecule has 0 spiro atoms. The monoisotopic (exact) mass is 354 g/mol. The summed E-state index contributed by atoms with van der Waals surface area (Å²) in [5.74, 6) is -0.359. The Morgan fingerprint density at radius 2 is 1.81 bits per heavy atom. The highest BCUT2D eigenvalue weighted by Crippen LogP contribution is 2.36. The van der Waals surface area contributed by atoms with Crippen molar-refractivity contribution in [2.45, 2.75) is 44.2 Å². The first kappa shape index (κ1) is 16.5. The lowest BCUT2D eigenvalue weighted by atomic mass is 9.78. The third-order valence-corrected chi connectivity index (χ3v) is 4.81. The Kier molecular flexibility index (Phi) is 4.52. The van der Waals surface area contributed by atoms with Gasteiger partial charge in [0.25, 0.3) is 0 Å². The van der Waals surface area contributed by atoms with Gasteiger partial charge in [-0.1, -0.05) is 28.1 Å². The Hall–Kier alpha value is -0.845. The number of hydrogen-bond donors (Lipinski definition) is 0. The normalized spacial score (nSPS) is 19.6. The van der Waals surface area contributed by atoms with E-state index in [1.165, 1.54) is 7.11 Å². The predicted molar refractivity (Wildman–Crippen MR) is 86.1 cm³/mol. The van der Waals surface area contributed by atoms with Crippen LogP contribution < -0.4 is 5.46 Å². The summed E-state index contributed by atoms with van der Waals surface area (Å²) in [4.78, 5) is 11.9. The zero-order valence-electron chi connectivity index (χ0n) is 13.0. The Bertz CT molecular complexity index is 541. The summed E-state index contributed by atoms with van der Waals surface area (Å²) < 4.78 is 16.8. The minimum absolute atomic E-state index is 0.359. The summed E-state index contributed by atoms with van der Waals surface area (Å²) in [6.45, 7) is 8.00. The van der Waals surface area contributed by atoms with Crippen LogP contribution in [-0.2, 0) is 19.4 Å². The number of ether oxygens (including phenoxy) is 1. The molecule has 21 heavy (non-hydrogen) atoms. The largest absolute Gasteiger partial charge is 0.494 e. The van der Waals surface area contributed by atoms with Crippen molar-refractivity contribution in [1.82, 2.24) is 0 Å². The molecule has 0 atom stereocenters. The van der Waals surface area contributed by atoms with Crippen LogP contribution in [0.15, 0.2) is 18.2 Å². The lowest BCUT2D eigenvalue weighted by Crippen LogP contribution is -2.41. The number of halogens is 1. The number of carbonyl (C=O) groups excluding carboxylic acids is 1. The van der Waals surface area contributed by atoms with Crippen molar-refractivity contribution in [2.75, 3.05) is 7.11 Å². The maximum atomic E-state index is 11.9. The van der Waals surface area contributed by atoms with E-state index in [-0.39, 0.29) is 5.97 Å². The summed E-state index contributed by atoms with van der Waals surface area (Å²) in [5.41, 5.74) is 1.41. The molecule has 1 aliphatic heterocycles. The van der Waals surface area contributed by atoms with Crippen LogP contribution in [0, 0.1) is 0 Å². The predicted octanol–water partition coefficient (Wildman–Crippen LogP) is 2.67. The Morgan fingerprint density at radius 1 is 1.24 bits per heavy atom. The molecule has 0 N–H and O–H groups in total. The molecular formula is C15H20BBrO4. The molecule has 6 heteroatoms. The zero-order valence-corrected chi connectivity index (χ0v) is 14.6. The molecule has 0 aliphatic carbocycles. The van der Waals surface area contributed by atoms with Gasteiger partial charge in [-0.3, -0.25) is 0 Å². The van der Waals surface area contributed by atoms with Gasteiger partial charge in [-0.2, -0.15) is 0 Å². The summed E-state index contributed by atoms with van der Waals surface area (Å²) in [5, 5.41) is 0.584. The van der Waals surface area contributed by atoms with Crippen molar-refractivity contribution in [3.63, 3.8) is 0 Å². The minimum Gasteiger partial charge on any atom is -0.465 e. The van der Waals surface area contributed by atoms with Gasteiger partial charge in [-0.05, 0) is 44.8 Å². The number of rotatable bonds is 3. The Morgan fingerprint density at radius 3 is 2.29 bits per heavy atom. The number of methoxy groups -OCH3 is 1. The van der Waals surface area contributed by atoms with Gasteiger partial charge < -0.3 is 14.0 Å². The second-order valence-corrected chi connectivity index (χ2v) is 6.69. The van der Waals surface area contributed by atoms with Crippen molar-refractivity contribution in [3.8, 4) is 0 Å². The average molecular weight is 355 g/mol. The molecule has 1 saturated heterocycles. The van der Waals surface area contributed by atoms with E-state index in [1.807, 2.05) is 39.8 Å². The Balaban J connectivity index is 2.36. The van der Waals surface area contributed by atoms with E-state index in [9.17, 15) is 4.79 Å². The van der Waals surface area contributed by atoms with Crippen molar-refractivity contribution < 1.29 is 18.8 Å². The second kappa shape index (κ2) is 5.74. The quantitative estimate of drug-likeness (QED) is 0.475. The van der Waals surface area contributed by atoms with Gasteiger partial charge in [0.2, 0.25) is 0 Å². The standard InChI is InChI=1S/C15H20BBrO4/c1-14(2)15(3,4)21-16(20-14)11-7-6-10(9-17)12(8-11)13(18)19-5/h6-8H,9H2,1-5H3. The van der Waals surface area contributed by atoms with Crippen LogP contribution in [0.3, 0.4) is 0 Å². The van der Waals surface area contributed by atoms with Gasteiger partial charge in [0.05, 0.1) is 23.9 Å². The number of alkyl halides is 1. The maximum Gasteiger partial charge on any atom is 0.494 e. The summed E-state index contributed by atoms with van der Waals surface area (Å²) in [6.07, 6.45) is 0. The molecule has 0 radical (unpaired) electrons. The van der Waals surface area contributed by atoms with Gasteiger partial charge in [0, 0.05) is 5.33 Å². The third kappa shape index (κ3) is 3.03.